The summed E-state index contributed by atoms with van der Waals surface area (Å²) in [4.78, 5) is 0. The summed E-state index contributed by atoms with van der Waals surface area (Å²) in [5.41, 5.74) is 6.82. The average molecular weight is 295 g/mol. The first-order valence-corrected chi connectivity index (χ1v) is 7.55. The van der Waals surface area contributed by atoms with Crippen LogP contribution in [0.4, 0.5) is 0 Å². The summed E-state index contributed by atoms with van der Waals surface area (Å²) in [6.07, 6.45) is 0.517. The van der Waals surface area contributed by atoms with E-state index in [1.807, 2.05) is 37.3 Å². The first kappa shape index (κ1) is 14.8. The Morgan fingerprint density at radius 1 is 1.35 bits per heavy atom. The largest absolute Gasteiger partial charge is 0.419 e. The third kappa shape index (κ3) is 3.96. The molecular weight excluding hydrogens is 278 g/mol. The van der Waals surface area contributed by atoms with Gasteiger partial charge in [-0.3, -0.25) is 0 Å². The Morgan fingerprint density at radius 2 is 2.05 bits per heavy atom. The monoisotopic (exact) mass is 295 g/mol. The highest BCUT2D eigenvalue weighted by atomic mass is 32.2. The van der Waals surface area contributed by atoms with Crippen molar-refractivity contribution in [2.75, 3.05) is 5.75 Å². The van der Waals surface area contributed by atoms with Crippen LogP contribution in [0, 0.1) is 5.92 Å². The Hall–Kier alpha value is -1.57. The van der Waals surface area contributed by atoms with E-state index in [0.717, 1.165) is 5.56 Å². The molecule has 0 fully saturated rings. The lowest BCUT2D eigenvalue weighted by Gasteiger charge is -2.12. The molecule has 20 heavy (non-hydrogen) atoms. The lowest BCUT2D eigenvalue weighted by molar-refractivity contribution is 0.406. The second kappa shape index (κ2) is 6.74. The van der Waals surface area contributed by atoms with E-state index < -0.39 is 17.1 Å². The molecule has 0 bridgehead atoms. The predicted molar refractivity (Wildman–Crippen MR) is 76.1 cm³/mol. The normalized spacial score (nSPS) is 15.8. The number of hydrogen-bond donors (Lipinski definition) is 2. The summed E-state index contributed by atoms with van der Waals surface area (Å²) >= 11 is -1.82. The van der Waals surface area contributed by atoms with E-state index in [-0.39, 0.29) is 11.7 Å². The maximum Gasteiger partial charge on any atom is 0.247 e. The zero-order valence-corrected chi connectivity index (χ0v) is 11.9. The maximum absolute atomic E-state index is 10.7. The van der Waals surface area contributed by atoms with Crippen LogP contribution >= 0.6 is 0 Å². The third-order valence-corrected chi connectivity index (χ3v) is 3.72. The number of benzene rings is 1. The quantitative estimate of drug-likeness (QED) is 0.790. The Kier molecular flexibility index (Phi) is 4.99. The predicted octanol–water partition coefficient (Wildman–Crippen LogP) is 1.98. The summed E-state index contributed by atoms with van der Waals surface area (Å²) in [7, 11) is 0. The molecule has 7 heteroatoms. The van der Waals surface area contributed by atoms with Crippen molar-refractivity contribution >= 4 is 11.1 Å². The smallest absolute Gasteiger partial charge is 0.247 e. The lowest BCUT2D eigenvalue weighted by atomic mass is 10.0. The van der Waals surface area contributed by atoms with Gasteiger partial charge in [0.05, 0.1) is 11.8 Å². The molecule has 3 unspecified atom stereocenters. The van der Waals surface area contributed by atoms with Gasteiger partial charge in [0.1, 0.15) is 0 Å². The van der Waals surface area contributed by atoms with Gasteiger partial charge in [-0.05, 0) is 24.5 Å². The Balaban J connectivity index is 2.03. The molecule has 0 aliphatic rings. The molecule has 0 saturated heterocycles. The summed E-state index contributed by atoms with van der Waals surface area (Å²) < 4.78 is 25.1. The first-order chi connectivity index (χ1) is 9.56. The SMILES string of the molecule is CC(CC(N)c1nnc(-c2ccccc2)o1)CS(=O)O. The summed E-state index contributed by atoms with van der Waals surface area (Å²) in [6, 6.07) is 9.00. The molecule has 1 aromatic carbocycles. The molecule has 0 aliphatic carbocycles. The van der Waals surface area contributed by atoms with Crippen molar-refractivity contribution in [1.82, 2.24) is 10.2 Å². The number of nitrogens with zero attached hydrogens (tertiary/aromatic N) is 2. The van der Waals surface area contributed by atoms with Crippen molar-refractivity contribution in [3.8, 4) is 11.5 Å². The second-order valence-corrected chi connectivity index (χ2v) is 5.72. The number of hydrogen-bond acceptors (Lipinski definition) is 5. The minimum absolute atomic E-state index is 0.00269. The fraction of sp³-hybridized carbons (Fsp3) is 0.385. The van der Waals surface area contributed by atoms with Crippen molar-refractivity contribution in [3.63, 3.8) is 0 Å². The lowest BCUT2D eigenvalue weighted by Crippen LogP contribution is -2.17. The fourth-order valence-corrected chi connectivity index (χ4v) is 2.55. The van der Waals surface area contributed by atoms with E-state index in [2.05, 4.69) is 10.2 Å². The van der Waals surface area contributed by atoms with E-state index >= 15 is 0 Å². The van der Waals surface area contributed by atoms with Crippen molar-refractivity contribution < 1.29 is 13.2 Å². The standard InChI is InChI=1S/C13H17N3O3S/c1-9(8-20(17)18)7-11(14)13-16-15-12(19-13)10-5-3-2-4-6-10/h2-6,9,11H,7-8,14H2,1H3,(H,17,18). The van der Waals surface area contributed by atoms with E-state index in [9.17, 15) is 4.21 Å². The molecule has 108 valence electrons. The zero-order valence-electron chi connectivity index (χ0n) is 11.1. The molecule has 3 N–H and O–H groups in total. The van der Waals surface area contributed by atoms with Crippen molar-refractivity contribution in [2.24, 2.45) is 11.7 Å². The third-order valence-electron chi connectivity index (χ3n) is 2.86. The Bertz CT molecular complexity index is 573. The van der Waals surface area contributed by atoms with Gasteiger partial charge in [-0.1, -0.05) is 25.1 Å². The number of nitrogens with two attached hydrogens (primary N) is 1. The van der Waals surface area contributed by atoms with Gasteiger partial charge in [-0.2, -0.15) is 0 Å². The minimum Gasteiger partial charge on any atom is -0.419 e. The van der Waals surface area contributed by atoms with Gasteiger partial charge < -0.3 is 14.7 Å². The van der Waals surface area contributed by atoms with Crippen LogP contribution in [0.2, 0.25) is 0 Å². The van der Waals surface area contributed by atoms with Crippen LogP contribution in [0.25, 0.3) is 11.5 Å². The molecule has 0 radical (unpaired) electrons. The Labute approximate surface area is 119 Å². The molecule has 0 amide bonds. The van der Waals surface area contributed by atoms with E-state index in [4.69, 9.17) is 14.7 Å². The highest BCUT2D eigenvalue weighted by molar-refractivity contribution is 7.79. The Morgan fingerprint density at radius 3 is 2.70 bits per heavy atom. The molecule has 0 aliphatic heterocycles. The number of aromatic nitrogens is 2. The van der Waals surface area contributed by atoms with Crippen LogP contribution in [-0.2, 0) is 11.1 Å². The zero-order chi connectivity index (χ0) is 14.5. The molecule has 1 aromatic heterocycles. The van der Waals surface area contributed by atoms with Gasteiger partial charge in [0, 0.05) is 5.56 Å². The summed E-state index contributed by atoms with van der Waals surface area (Å²) in [5.74, 6) is 0.963. The molecule has 0 spiro atoms. The van der Waals surface area contributed by atoms with Gasteiger partial charge in [-0.15, -0.1) is 10.2 Å². The molecule has 1 heterocycles. The van der Waals surface area contributed by atoms with Crippen LogP contribution in [0.1, 0.15) is 25.3 Å². The van der Waals surface area contributed by atoms with Gasteiger partial charge in [0.15, 0.2) is 11.1 Å². The van der Waals surface area contributed by atoms with Crippen LogP contribution in [0.5, 0.6) is 0 Å². The van der Waals surface area contributed by atoms with E-state index in [1.165, 1.54) is 0 Å². The molecular formula is C13H17N3O3S. The minimum atomic E-state index is -1.82. The molecule has 2 rings (SSSR count). The molecule has 3 atom stereocenters. The molecule has 6 nitrogen and oxygen atoms in total. The van der Waals surface area contributed by atoms with Crippen LogP contribution in [0.15, 0.2) is 34.7 Å². The summed E-state index contributed by atoms with van der Waals surface area (Å²) in [6.45, 7) is 1.86. The highest BCUT2D eigenvalue weighted by Crippen LogP contribution is 2.22. The average Bonchev–Trinajstić information content (AvgIpc) is 2.88. The summed E-state index contributed by atoms with van der Waals surface area (Å²) in [5, 5.41) is 7.91. The maximum atomic E-state index is 10.7. The fourth-order valence-electron chi connectivity index (χ4n) is 1.93. The van der Waals surface area contributed by atoms with Gasteiger partial charge in [0.2, 0.25) is 11.8 Å². The van der Waals surface area contributed by atoms with Crippen molar-refractivity contribution in [2.45, 2.75) is 19.4 Å². The van der Waals surface area contributed by atoms with Gasteiger partial charge >= 0.3 is 0 Å². The highest BCUT2D eigenvalue weighted by Gasteiger charge is 2.19. The van der Waals surface area contributed by atoms with Crippen LogP contribution in [0.3, 0.4) is 0 Å². The van der Waals surface area contributed by atoms with E-state index in [0.29, 0.717) is 18.2 Å². The molecule has 0 saturated carbocycles. The molecule has 2 aromatic rings. The van der Waals surface area contributed by atoms with E-state index in [1.54, 1.807) is 0 Å². The number of rotatable bonds is 6. The van der Waals surface area contributed by atoms with Gasteiger partial charge in [-0.25, -0.2) is 4.21 Å². The van der Waals surface area contributed by atoms with Crippen molar-refractivity contribution in [1.29, 1.82) is 0 Å². The first-order valence-electron chi connectivity index (χ1n) is 6.28. The van der Waals surface area contributed by atoms with Crippen molar-refractivity contribution in [3.05, 3.63) is 36.2 Å². The van der Waals surface area contributed by atoms with Gasteiger partial charge in [0.25, 0.3) is 0 Å². The second-order valence-electron chi connectivity index (χ2n) is 4.75. The van der Waals surface area contributed by atoms with Crippen LogP contribution in [-0.4, -0.2) is 24.7 Å². The topological polar surface area (TPSA) is 102 Å². The van der Waals surface area contributed by atoms with Crippen LogP contribution < -0.4 is 5.73 Å².